The Morgan fingerprint density at radius 3 is 2.46 bits per heavy atom. The van der Waals surface area contributed by atoms with E-state index in [1.807, 2.05) is 6.07 Å². The molecule has 1 amide bonds. The van der Waals surface area contributed by atoms with Gasteiger partial charge in [-0.3, -0.25) is 4.79 Å². The first-order chi connectivity index (χ1) is 11.7. The van der Waals surface area contributed by atoms with E-state index in [-0.39, 0.29) is 12.5 Å². The predicted molar refractivity (Wildman–Crippen MR) is 84.3 cm³/mol. The van der Waals surface area contributed by atoms with Crippen LogP contribution in [0.5, 0.6) is 5.75 Å². The zero-order chi connectivity index (χ0) is 16.8. The van der Waals surface area contributed by atoms with Crippen LogP contribution in [0.3, 0.4) is 0 Å². The number of nitrogens with one attached hydrogen (secondary N) is 1. The summed E-state index contributed by atoms with van der Waals surface area (Å²) in [7, 11) is 0. The van der Waals surface area contributed by atoms with Gasteiger partial charge in [-0.05, 0) is 46.8 Å². The van der Waals surface area contributed by atoms with E-state index < -0.39 is 5.97 Å². The highest BCUT2D eigenvalue weighted by atomic mass is 16.5. The number of ether oxygens (including phenoxy) is 1. The molecule has 3 rings (SSSR count). The van der Waals surface area contributed by atoms with Crippen molar-refractivity contribution >= 4 is 17.6 Å². The average molecular weight is 323 g/mol. The van der Waals surface area contributed by atoms with Crippen LogP contribution in [-0.2, 0) is 11.3 Å². The highest BCUT2D eigenvalue weighted by molar-refractivity contribution is 6.04. The van der Waals surface area contributed by atoms with Gasteiger partial charge in [0.25, 0.3) is 5.91 Å². The predicted octanol–water partition coefficient (Wildman–Crippen LogP) is 1.53. The van der Waals surface area contributed by atoms with Gasteiger partial charge in [0.05, 0.1) is 0 Å². The van der Waals surface area contributed by atoms with Gasteiger partial charge in [-0.25, -0.2) is 9.48 Å². The summed E-state index contributed by atoms with van der Waals surface area (Å²) >= 11 is 0. The van der Waals surface area contributed by atoms with E-state index in [0.29, 0.717) is 17.0 Å². The number of anilines is 1. The number of tetrazole rings is 1. The fourth-order valence-electron chi connectivity index (χ4n) is 1.95. The summed E-state index contributed by atoms with van der Waals surface area (Å²) in [6.07, 6.45) is 1.32. The number of hydrogen-bond acceptors (Lipinski definition) is 6. The van der Waals surface area contributed by atoms with E-state index in [1.165, 1.54) is 11.0 Å². The van der Waals surface area contributed by atoms with Crippen LogP contribution in [0, 0.1) is 0 Å². The summed E-state index contributed by atoms with van der Waals surface area (Å²) in [5, 5.41) is 13.2. The third-order valence-corrected chi connectivity index (χ3v) is 3.06. The van der Waals surface area contributed by atoms with Gasteiger partial charge in [0.2, 0.25) is 0 Å². The van der Waals surface area contributed by atoms with Crippen molar-refractivity contribution in [2.24, 2.45) is 0 Å². The summed E-state index contributed by atoms with van der Waals surface area (Å²) < 4.78 is 6.42. The lowest BCUT2D eigenvalue weighted by Gasteiger charge is -2.07. The molecule has 0 atom stereocenters. The Kier molecular flexibility index (Phi) is 4.57. The Hall–Kier alpha value is -3.55. The van der Waals surface area contributed by atoms with Gasteiger partial charge < -0.3 is 10.1 Å². The molecular weight excluding hydrogens is 310 g/mol. The number of rotatable bonds is 5. The molecule has 1 aromatic heterocycles. The van der Waals surface area contributed by atoms with Crippen LogP contribution in [0.15, 0.2) is 60.9 Å². The number of benzene rings is 2. The standard InChI is InChI=1S/C16H13N5O3/c22-15(10-21-11-17-19-20-21)24-14-8-6-13(7-9-14)18-16(23)12-4-2-1-3-5-12/h1-9,11H,10H2,(H,18,23). The highest BCUT2D eigenvalue weighted by Gasteiger charge is 2.08. The normalized spacial score (nSPS) is 10.2. The lowest BCUT2D eigenvalue weighted by molar-refractivity contribution is -0.135. The van der Waals surface area contributed by atoms with Gasteiger partial charge in [-0.1, -0.05) is 18.2 Å². The van der Waals surface area contributed by atoms with Crippen molar-refractivity contribution in [1.82, 2.24) is 20.2 Å². The van der Waals surface area contributed by atoms with E-state index in [2.05, 4.69) is 20.8 Å². The third kappa shape index (κ3) is 4.01. The number of carbonyl (C=O) groups excluding carboxylic acids is 2. The molecule has 1 N–H and O–H groups in total. The average Bonchev–Trinajstić information content (AvgIpc) is 3.10. The molecule has 0 aliphatic heterocycles. The minimum atomic E-state index is -0.497. The van der Waals surface area contributed by atoms with Crippen LogP contribution in [0.4, 0.5) is 5.69 Å². The smallest absolute Gasteiger partial charge is 0.333 e. The van der Waals surface area contributed by atoms with E-state index in [4.69, 9.17) is 4.74 Å². The number of aromatic nitrogens is 4. The quantitative estimate of drug-likeness (QED) is 0.565. The first-order valence-corrected chi connectivity index (χ1v) is 7.08. The van der Waals surface area contributed by atoms with Crippen molar-refractivity contribution in [3.8, 4) is 5.75 Å². The Labute approximate surface area is 137 Å². The second kappa shape index (κ2) is 7.14. The molecule has 8 heteroatoms. The Morgan fingerprint density at radius 1 is 1.04 bits per heavy atom. The maximum Gasteiger partial charge on any atom is 0.333 e. The fourth-order valence-corrected chi connectivity index (χ4v) is 1.95. The van der Waals surface area contributed by atoms with E-state index in [0.717, 1.165) is 0 Å². The Bertz CT molecular complexity index is 817. The molecular formula is C16H13N5O3. The molecule has 0 spiro atoms. The molecule has 0 fully saturated rings. The van der Waals surface area contributed by atoms with Gasteiger partial charge in [0, 0.05) is 11.3 Å². The highest BCUT2D eigenvalue weighted by Crippen LogP contribution is 2.16. The van der Waals surface area contributed by atoms with E-state index in [9.17, 15) is 9.59 Å². The second-order valence-electron chi connectivity index (χ2n) is 4.83. The number of nitrogens with zero attached hydrogens (tertiary/aromatic N) is 4. The van der Waals surface area contributed by atoms with Crippen LogP contribution in [-0.4, -0.2) is 32.1 Å². The van der Waals surface area contributed by atoms with Crippen LogP contribution >= 0.6 is 0 Å². The van der Waals surface area contributed by atoms with Crippen molar-refractivity contribution in [3.05, 3.63) is 66.5 Å². The Morgan fingerprint density at radius 2 is 1.79 bits per heavy atom. The zero-order valence-corrected chi connectivity index (χ0v) is 12.5. The molecule has 120 valence electrons. The van der Waals surface area contributed by atoms with Crippen LogP contribution in [0.25, 0.3) is 0 Å². The van der Waals surface area contributed by atoms with E-state index >= 15 is 0 Å². The number of hydrogen-bond donors (Lipinski definition) is 1. The lowest BCUT2D eigenvalue weighted by Crippen LogP contribution is -2.17. The molecule has 24 heavy (non-hydrogen) atoms. The molecule has 0 radical (unpaired) electrons. The fraction of sp³-hybridized carbons (Fsp3) is 0.0625. The molecule has 3 aromatic rings. The molecule has 0 aliphatic rings. The van der Waals surface area contributed by atoms with Crippen molar-refractivity contribution in [3.63, 3.8) is 0 Å². The first kappa shape index (κ1) is 15.3. The number of carbonyl (C=O) groups is 2. The summed E-state index contributed by atoms with van der Waals surface area (Å²) in [6, 6.07) is 15.4. The first-order valence-electron chi connectivity index (χ1n) is 7.08. The molecule has 0 saturated carbocycles. The van der Waals surface area contributed by atoms with Crippen molar-refractivity contribution in [2.75, 3.05) is 5.32 Å². The van der Waals surface area contributed by atoms with Crippen LogP contribution in [0.2, 0.25) is 0 Å². The Balaban J connectivity index is 1.57. The summed E-state index contributed by atoms with van der Waals surface area (Å²) in [4.78, 5) is 23.8. The van der Waals surface area contributed by atoms with Crippen LogP contribution < -0.4 is 10.1 Å². The monoisotopic (exact) mass is 323 g/mol. The van der Waals surface area contributed by atoms with Crippen LogP contribution in [0.1, 0.15) is 10.4 Å². The van der Waals surface area contributed by atoms with E-state index in [1.54, 1.807) is 48.5 Å². The third-order valence-electron chi connectivity index (χ3n) is 3.06. The molecule has 0 bridgehead atoms. The minimum absolute atomic E-state index is 0.0838. The van der Waals surface area contributed by atoms with Gasteiger partial charge in [0.15, 0.2) is 0 Å². The topological polar surface area (TPSA) is 99.0 Å². The maximum absolute atomic E-state index is 12.0. The largest absolute Gasteiger partial charge is 0.425 e. The molecule has 0 aliphatic carbocycles. The molecule has 8 nitrogen and oxygen atoms in total. The zero-order valence-electron chi connectivity index (χ0n) is 12.5. The SMILES string of the molecule is O=C(Cn1cnnn1)Oc1ccc(NC(=O)c2ccccc2)cc1. The maximum atomic E-state index is 12.0. The second-order valence-corrected chi connectivity index (χ2v) is 4.83. The molecule has 0 unspecified atom stereocenters. The number of amides is 1. The van der Waals surface area contributed by atoms with Crippen molar-refractivity contribution in [1.29, 1.82) is 0 Å². The van der Waals surface area contributed by atoms with Gasteiger partial charge in [-0.15, -0.1) is 5.10 Å². The van der Waals surface area contributed by atoms with Gasteiger partial charge >= 0.3 is 5.97 Å². The number of esters is 1. The lowest BCUT2D eigenvalue weighted by atomic mass is 10.2. The summed E-state index contributed by atoms with van der Waals surface area (Å²) in [5.74, 6) is -0.340. The van der Waals surface area contributed by atoms with Crippen molar-refractivity contribution in [2.45, 2.75) is 6.54 Å². The molecule has 0 saturated heterocycles. The summed E-state index contributed by atoms with van der Waals surface area (Å²) in [5.41, 5.74) is 1.17. The summed E-state index contributed by atoms with van der Waals surface area (Å²) in [6.45, 7) is -0.0838. The molecule has 2 aromatic carbocycles. The molecule has 1 heterocycles. The minimum Gasteiger partial charge on any atom is -0.425 e. The van der Waals surface area contributed by atoms with Gasteiger partial charge in [0.1, 0.15) is 18.6 Å². The van der Waals surface area contributed by atoms with Gasteiger partial charge in [-0.2, -0.15) is 0 Å². The van der Waals surface area contributed by atoms with Crippen molar-refractivity contribution < 1.29 is 14.3 Å².